The summed E-state index contributed by atoms with van der Waals surface area (Å²) < 4.78 is 12.2. The normalized spacial score (nSPS) is 20.2. The molecule has 0 bridgehead atoms. The number of carbonyl (C=O) groups is 2. The lowest BCUT2D eigenvalue weighted by molar-refractivity contribution is -0.433. The third-order valence-corrected chi connectivity index (χ3v) is 9.86. The number of methoxy groups -OCH3 is 2. The number of hydrogen-bond acceptors (Lipinski definition) is 5. The number of halogens is 1. The third kappa shape index (κ3) is 5.13. The molecule has 0 saturated heterocycles. The Bertz CT molecular complexity index is 1700. The number of benzene rings is 2. The molecule has 7 heteroatoms. The van der Waals surface area contributed by atoms with E-state index in [1.54, 1.807) is 0 Å². The highest BCUT2D eigenvalue weighted by Gasteiger charge is 2.44. The number of rotatable bonds is 7. The van der Waals surface area contributed by atoms with Gasteiger partial charge in [-0.3, -0.25) is 0 Å². The predicted octanol–water partition coefficient (Wildman–Crippen LogP) is 8.13. The largest absolute Gasteiger partial charge is 0.465 e. The van der Waals surface area contributed by atoms with E-state index in [-0.39, 0.29) is 22.8 Å². The molecule has 0 spiro atoms. The van der Waals surface area contributed by atoms with E-state index in [4.69, 9.17) is 21.1 Å². The van der Waals surface area contributed by atoms with Gasteiger partial charge in [-0.1, -0.05) is 37.6 Å². The van der Waals surface area contributed by atoms with Crippen LogP contribution in [0.3, 0.4) is 0 Å². The second-order valence-electron chi connectivity index (χ2n) is 12.5. The Balaban J connectivity index is 1.45. The van der Waals surface area contributed by atoms with Gasteiger partial charge in [-0.25, -0.2) is 9.59 Å². The molecule has 0 atom stereocenters. The van der Waals surface area contributed by atoms with E-state index in [2.05, 4.69) is 75.3 Å². The van der Waals surface area contributed by atoms with Crippen LogP contribution >= 0.6 is 11.6 Å². The fourth-order valence-electron chi connectivity index (χ4n) is 6.89. The van der Waals surface area contributed by atoms with Crippen LogP contribution < -0.4 is 4.90 Å². The van der Waals surface area contributed by atoms with E-state index in [0.717, 1.165) is 64.6 Å². The summed E-state index contributed by atoms with van der Waals surface area (Å²) >= 11 is 7.01. The summed E-state index contributed by atoms with van der Waals surface area (Å²) in [4.78, 5) is 26.8. The number of esters is 2. The van der Waals surface area contributed by atoms with Crippen molar-refractivity contribution < 1.29 is 23.6 Å². The Morgan fingerprint density at radius 1 is 0.886 bits per heavy atom. The Labute approximate surface area is 266 Å². The van der Waals surface area contributed by atoms with Gasteiger partial charge in [0.05, 0.1) is 30.8 Å². The molecule has 1 aliphatic carbocycles. The van der Waals surface area contributed by atoms with Gasteiger partial charge < -0.3 is 14.4 Å². The van der Waals surface area contributed by atoms with Crippen molar-refractivity contribution in [2.45, 2.75) is 65.2 Å². The van der Waals surface area contributed by atoms with Gasteiger partial charge in [0.15, 0.2) is 5.71 Å². The molecule has 5 rings (SSSR count). The second-order valence-corrected chi connectivity index (χ2v) is 12.9. The molecule has 0 unspecified atom stereocenters. The van der Waals surface area contributed by atoms with E-state index in [0.29, 0.717) is 11.1 Å². The van der Waals surface area contributed by atoms with Crippen molar-refractivity contribution in [3.8, 4) is 0 Å². The number of ether oxygens (including phenoxy) is 2. The number of hydrogen-bond donors (Lipinski definition) is 0. The van der Waals surface area contributed by atoms with E-state index < -0.39 is 0 Å². The van der Waals surface area contributed by atoms with Crippen LogP contribution in [-0.4, -0.2) is 49.5 Å². The molecule has 0 saturated carbocycles. The fraction of sp³-hybridized carbons (Fsp3) is 0.378. The first kappa shape index (κ1) is 31.5. The van der Waals surface area contributed by atoms with Gasteiger partial charge in [-0.05, 0) is 93.7 Å². The zero-order valence-electron chi connectivity index (χ0n) is 27.0. The van der Waals surface area contributed by atoms with Crippen LogP contribution in [0.4, 0.5) is 11.4 Å². The van der Waals surface area contributed by atoms with Crippen LogP contribution in [0.25, 0.3) is 0 Å². The predicted molar refractivity (Wildman–Crippen MR) is 178 cm³/mol. The highest BCUT2D eigenvalue weighted by atomic mass is 35.5. The lowest BCUT2D eigenvalue weighted by Gasteiger charge is -2.26. The average Bonchev–Trinajstić information content (AvgIpc) is 3.56. The molecule has 230 valence electrons. The van der Waals surface area contributed by atoms with Crippen LogP contribution in [0.2, 0.25) is 0 Å². The summed E-state index contributed by atoms with van der Waals surface area (Å²) in [6, 6.07) is 11.6. The Morgan fingerprint density at radius 3 is 2.14 bits per heavy atom. The summed E-state index contributed by atoms with van der Waals surface area (Å²) in [7, 11) is 2.82. The highest BCUT2D eigenvalue weighted by Crippen LogP contribution is 2.48. The standard InChI is InChI=1S/C37H42ClN2O4/c1-9-39-29-17-13-25(34(41)43-7)21-27(29)36(3,4)31(39)19-15-23-11-12-24(33(23)38)16-20-32-37(5,6)28-22-26(35(42)44-8)14-18-30(28)40(32)10-2/h13-22H,9-12H2,1-8H3/q+1. The molecule has 2 aliphatic heterocycles. The van der Waals surface area contributed by atoms with Crippen molar-refractivity contribution in [3.05, 3.63) is 105 Å². The number of likely N-dealkylation sites (N-methyl/N-ethyl adjacent to an activating group) is 1. The van der Waals surface area contributed by atoms with Crippen molar-refractivity contribution in [3.63, 3.8) is 0 Å². The maximum Gasteiger partial charge on any atom is 0.337 e. The van der Waals surface area contributed by atoms with Gasteiger partial charge in [-0.2, -0.15) is 4.58 Å². The van der Waals surface area contributed by atoms with E-state index in [9.17, 15) is 9.59 Å². The molecule has 2 aromatic rings. The lowest BCUT2D eigenvalue weighted by atomic mass is 9.80. The maximum atomic E-state index is 12.2. The molecule has 3 aliphatic rings. The first-order valence-electron chi connectivity index (χ1n) is 15.3. The maximum absolute atomic E-state index is 12.2. The van der Waals surface area contributed by atoms with Crippen LogP contribution in [0.1, 0.15) is 86.2 Å². The minimum Gasteiger partial charge on any atom is -0.465 e. The number of carbonyl (C=O) groups excluding carboxylic acids is 2. The molecule has 0 fully saturated rings. The molecule has 2 heterocycles. The zero-order valence-corrected chi connectivity index (χ0v) is 27.8. The first-order valence-corrected chi connectivity index (χ1v) is 15.6. The summed E-state index contributed by atoms with van der Waals surface area (Å²) in [5.74, 6) is -0.656. The van der Waals surface area contributed by atoms with Crippen molar-refractivity contribution in [1.29, 1.82) is 0 Å². The number of allylic oxidation sites excluding steroid dienone is 8. The number of anilines is 1. The van der Waals surface area contributed by atoms with Gasteiger partial charge in [0, 0.05) is 46.1 Å². The van der Waals surface area contributed by atoms with Gasteiger partial charge in [0.2, 0.25) is 5.69 Å². The average molecular weight is 614 g/mol. The third-order valence-electron chi connectivity index (χ3n) is 9.37. The van der Waals surface area contributed by atoms with Gasteiger partial charge in [0.25, 0.3) is 0 Å². The number of nitrogens with zero attached hydrogens (tertiary/aromatic N) is 2. The molecule has 0 N–H and O–H groups in total. The fourth-order valence-corrected chi connectivity index (χ4v) is 7.20. The summed E-state index contributed by atoms with van der Waals surface area (Å²) in [6.07, 6.45) is 10.4. The Hall–Kier alpha value is -3.90. The molecule has 0 aromatic heterocycles. The first-order chi connectivity index (χ1) is 20.9. The lowest BCUT2D eigenvalue weighted by Crippen LogP contribution is -2.27. The van der Waals surface area contributed by atoms with Crippen molar-refractivity contribution in [1.82, 2.24) is 0 Å². The molecule has 2 aromatic carbocycles. The summed E-state index contributed by atoms with van der Waals surface area (Å²) in [5, 5.41) is 0.799. The Morgan fingerprint density at radius 2 is 1.52 bits per heavy atom. The zero-order chi connectivity index (χ0) is 32.0. The highest BCUT2D eigenvalue weighted by molar-refractivity contribution is 6.33. The van der Waals surface area contributed by atoms with Crippen molar-refractivity contribution in [2.75, 3.05) is 32.2 Å². The molecule has 44 heavy (non-hydrogen) atoms. The van der Waals surface area contributed by atoms with E-state index in [1.165, 1.54) is 25.6 Å². The van der Waals surface area contributed by atoms with E-state index in [1.807, 2.05) is 36.4 Å². The molecular formula is C37H42ClN2O4+. The smallest absolute Gasteiger partial charge is 0.337 e. The molecular weight excluding hydrogens is 572 g/mol. The number of fused-ring (bicyclic) bond motifs is 2. The molecule has 0 amide bonds. The Kier molecular flexibility index (Phi) is 8.52. The van der Waals surface area contributed by atoms with Crippen LogP contribution in [-0.2, 0) is 20.3 Å². The quantitative estimate of drug-likeness (QED) is 0.233. The van der Waals surface area contributed by atoms with Gasteiger partial charge in [0.1, 0.15) is 6.54 Å². The minimum atomic E-state index is -0.328. The van der Waals surface area contributed by atoms with Crippen LogP contribution in [0, 0.1) is 0 Å². The summed E-state index contributed by atoms with van der Waals surface area (Å²) in [6.45, 7) is 14.7. The van der Waals surface area contributed by atoms with E-state index >= 15 is 0 Å². The molecule has 0 radical (unpaired) electrons. The summed E-state index contributed by atoms with van der Waals surface area (Å²) in [5.41, 5.74) is 9.56. The van der Waals surface area contributed by atoms with Crippen LogP contribution in [0.15, 0.2) is 82.6 Å². The van der Waals surface area contributed by atoms with Crippen molar-refractivity contribution in [2.24, 2.45) is 0 Å². The molecule has 6 nitrogen and oxygen atoms in total. The van der Waals surface area contributed by atoms with Crippen LogP contribution in [0.5, 0.6) is 0 Å². The SMILES string of the molecule is CCN1/C(=C/C=C2\CCC(/C=C/C3=[N+](CC)c4ccc(C(=O)OC)cc4C3(C)C)=C2Cl)C(C)(C)c2cc(C(=O)OC)ccc21. The monoisotopic (exact) mass is 613 g/mol. The topological polar surface area (TPSA) is 58.8 Å². The van der Waals surface area contributed by atoms with Gasteiger partial charge >= 0.3 is 11.9 Å². The minimum absolute atomic E-state index is 0.291. The second kappa shape index (κ2) is 11.9. The van der Waals surface area contributed by atoms with Gasteiger partial charge in [-0.15, -0.1) is 0 Å². The van der Waals surface area contributed by atoms with Crippen molar-refractivity contribution >= 4 is 40.6 Å².